The van der Waals surface area contributed by atoms with Crippen molar-refractivity contribution in [2.45, 2.75) is 118 Å². The van der Waals surface area contributed by atoms with Crippen LogP contribution >= 0.6 is 7.82 Å². The second-order valence-corrected chi connectivity index (χ2v) is 17.8. The van der Waals surface area contributed by atoms with Crippen LogP contribution in [-0.4, -0.2) is 36.8 Å². The molecular weight excluding hydrogens is 635 g/mol. The van der Waals surface area contributed by atoms with Crippen molar-refractivity contribution in [2.75, 3.05) is 19.8 Å². The van der Waals surface area contributed by atoms with Crippen molar-refractivity contribution in [2.24, 2.45) is 52.3 Å². The zero-order chi connectivity index (χ0) is 35.2. The van der Waals surface area contributed by atoms with E-state index in [-0.39, 0.29) is 24.7 Å². The van der Waals surface area contributed by atoms with Gasteiger partial charge in [0.15, 0.2) is 18.9 Å². The van der Waals surface area contributed by atoms with Gasteiger partial charge in [-0.15, -0.1) is 0 Å². The number of phosphoric acid groups is 1. The molecule has 9 heteroatoms. The summed E-state index contributed by atoms with van der Waals surface area (Å²) in [6, 6.07) is 5.66. The molecule has 8 nitrogen and oxygen atoms in total. The van der Waals surface area contributed by atoms with Crippen molar-refractivity contribution in [3.8, 4) is 0 Å². The maximum Gasteiger partial charge on any atom is 0.472 e. The Morgan fingerprint density at radius 1 is 1.04 bits per heavy atom. The van der Waals surface area contributed by atoms with Gasteiger partial charge in [-0.1, -0.05) is 71.4 Å². The number of nitrogens with zero attached hydrogens (tertiary/aromatic N) is 1. The van der Waals surface area contributed by atoms with Gasteiger partial charge in [-0.2, -0.15) is 0 Å². The molecule has 49 heavy (non-hydrogen) atoms. The molecule has 1 unspecified atom stereocenters. The third-order valence-corrected chi connectivity index (χ3v) is 14.3. The van der Waals surface area contributed by atoms with E-state index in [0.717, 1.165) is 42.9 Å². The number of aromatic nitrogens is 1. The maximum atomic E-state index is 12.7. The fraction of sp³-hybridized carbons (Fsp3) is 0.750. The lowest BCUT2D eigenvalue weighted by Crippen LogP contribution is -2.51. The molecule has 0 aliphatic heterocycles. The molecule has 274 valence electrons. The Morgan fingerprint density at radius 3 is 2.53 bits per heavy atom. The van der Waals surface area contributed by atoms with Crippen molar-refractivity contribution in [3.05, 3.63) is 54.4 Å². The highest BCUT2D eigenvalue weighted by Gasteiger charge is 2.59. The third-order valence-electron chi connectivity index (χ3n) is 13.3. The van der Waals surface area contributed by atoms with E-state index in [2.05, 4.69) is 65.1 Å². The molecule has 1 aromatic rings. The normalized spacial score (nSPS) is 33.6. The molecule has 0 saturated heterocycles. The number of nitrogens with one attached hydrogen (secondary N) is 1. The molecule has 1 aromatic heterocycles. The fourth-order valence-electron chi connectivity index (χ4n) is 10.4. The van der Waals surface area contributed by atoms with Crippen molar-refractivity contribution in [1.82, 2.24) is 5.32 Å². The maximum absolute atomic E-state index is 12.7. The van der Waals surface area contributed by atoms with E-state index < -0.39 is 13.9 Å². The molecule has 1 amide bonds. The van der Waals surface area contributed by atoms with Gasteiger partial charge in [-0.25, -0.2) is 13.9 Å². The highest BCUT2D eigenvalue weighted by atomic mass is 31.2. The second-order valence-electron chi connectivity index (χ2n) is 16.3. The fourth-order valence-corrected chi connectivity index (χ4v) is 11.2. The summed E-state index contributed by atoms with van der Waals surface area (Å²) in [6.45, 7) is 15.4. The van der Waals surface area contributed by atoms with Crippen LogP contribution in [0.15, 0.2) is 54.4 Å². The molecule has 1 heterocycles. The van der Waals surface area contributed by atoms with Gasteiger partial charge in [-0.3, -0.25) is 9.05 Å². The molecule has 10 atom stereocenters. The minimum Gasteiger partial charge on any atom is -0.446 e. The largest absolute Gasteiger partial charge is 0.472 e. The highest BCUT2D eigenvalue weighted by molar-refractivity contribution is 7.47. The standard InChI is InChI=1S/C40H63N2O6P/c1-7-31(29(2)3)13-12-30(4)35-16-17-36-34-15-14-32-28-33(18-20-39(32,5)37(34)19-21-40(35,36)6)48-38(43)41-22-11-26-46-49(44,45)47-27-25-42-23-9-8-10-24-42/h8-10,12-14,23-24,29-31,33-37H,7,11,15-22,25-28H2,1-6H3,(H-,41,43,44,45)/p+1/b13-12+/t30-,31-,33+,34+,35-,36+,37+,39+,40-/m1/s1. The van der Waals surface area contributed by atoms with Crippen molar-refractivity contribution in [3.63, 3.8) is 0 Å². The quantitative estimate of drug-likeness (QED) is 0.0821. The number of alkyl carbamates (subject to hydrolysis) is 1. The summed E-state index contributed by atoms with van der Waals surface area (Å²) < 4.78 is 30.0. The number of allylic oxidation sites excluding steroid dienone is 3. The van der Waals surface area contributed by atoms with E-state index >= 15 is 0 Å². The molecule has 3 saturated carbocycles. The van der Waals surface area contributed by atoms with Gasteiger partial charge in [0.2, 0.25) is 0 Å². The summed E-state index contributed by atoms with van der Waals surface area (Å²) >= 11 is 0. The SMILES string of the molecule is CC[C@H](/C=C/[C@@H](C)[C@H]1CC[C@H]2[C@@H]3CC=C4C[C@@H](OC(=O)NCCCOP(=O)(O)OCC[n+]5ccccc5)CC[C@]4(C)[C@H]3CC[C@]12C)C(C)C. The van der Waals surface area contributed by atoms with E-state index in [9.17, 15) is 14.3 Å². The third kappa shape index (κ3) is 9.09. The molecule has 2 N–H and O–H groups in total. The first-order valence-electron chi connectivity index (χ1n) is 19.2. The molecule has 5 rings (SSSR count). The Labute approximate surface area is 296 Å². The van der Waals surface area contributed by atoms with E-state index in [1.165, 1.54) is 44.1 Å². The van der Waals surface area contributed by atoms with Gasteiger partial charge >= 0.3 is 13.9 Å². The Kier molecular flexibility index (Phi) is 12.9. The van der Waals surface area contributed by atoms with Gasteiger partial charge in [-0.05, 0) is 110 Å². The number of rotatable bonds is 15. The number of phosphoric ester groups is 1. The lowest BCUT2D eigenvalue weighted by Gasteiger charge is -2.58. The van der Waals surface area contributed by atoms with Crippen LogP contribution in [0, 0.1) is 52.3 Å². The Morgan fingerprint density at radius 2 is 1.80 bits per heavy atom. The van der Waals surface area contributed by atoms with Crippen LogP contribution in [0.25, 0.3) is 0 Å². The van der Waals surface area contributed by atoms with E-state index in [1.807, 2.05) is 35.2 Å². The predicted octanol–water partition coefficient (Wildman–Crippen LogP) is 9.05. The molecule has 0 bridgehead atoms. The molecule has 4 aliphatic rings. The smallest absolute Gasteiger partial charge is 0.446 e. The van der Waals surface area contributed by atoms with Crippen molar-refractivity contribution < 1.29 is 32.6 Å². The number of fused-ring (bicyclic) bond motifs is 5. The molecular formula is C40H64N2O6P+. The minimum atomic E-state index is -4.15. The van der Waals surface area contributed by atoms with Crippen LogP contribution in [0.4, 0.5) is 4.79 Å². The average molecular weight is 700 g/mol. The summed E-state index contributed by atoms with van der Waals surface area (Å²) in [5.41, 5.74) is 2.13. The Balaban J connectivity index is 1.05. The first-order chi connectivity index (χ1) is 23.4. The van der Waals surface area contributed by atoms with Crippen molar-refractivity contribution in [1.29, 1.82) is 0 Å². The summed E-state index contributed by atoms with van der Waals surface area (Å²) in [4.78, 5) is 22.6. The number of pyridine rings is 1. The lowest BCUT2D eigenvalue weighted by molar-refractivity contribution is -0.697. The molecule has 0 aromatic carbocycles. The van der Waals surface area contributed by atoms with Gasteiger partial charge in [0.25, 0.3) is 0 Å². The van der Waals surface area contributed by atoms with Crippen LogP contribution in [-0.2, 0) is 24.9 Å². The number of carbonyl (C=O) groups is 1. The molecule has 0 spiro atoms. The van der Waals surface area contributed by atoms with Gasteiger partial charge < -0.3 is 14.9 Å². The number of ether oxygens (including phenoxy) is 1. The van der Waals surface area contributed by atoms with E-state index in [1.54, 1.807) is 0 Å². The van der Waals surface area contributed by atoms with E-state index in [4.69, 9.17) is 13.8 Å². The predicted molar refractivity (Wildman–Crippen MR) is 193 cm³/mol. The first-order valence-corrected chi connectivity index (χ1v) is 20.7. The zero-order valence-electron chi connectivity index (χ0n) is 31.0. The average Bonchev–Trinajstić information content (AvgIpc) is 3.42. The highest BCUT2D eigenvalue weighted by Crippen LogP contribution is 2.67. The van der Waals surface area contributed by atoms with Crippen LogP contribution in [0.5, 0.6) is 0 Å². The second kappa shape index (κ2) is 16.6. The lowest BCUT2D eigenvalue weighted by atomic mass is 9.47. The number of carbonyl (C=O) groups excluding carboxylic acids is 1. The number of hydrogen-bond acceptors (Lipinski definition) is 5. The van der Waals surface area contributed by atoms with Gasteiger partial charge in [0.1, 0.15) is 12.7 Å². The molecule has 4 aliphatic carbocycles. The van der Waals surface area contributed by atoms with Gasteiger partial charge in [0.05, 0.1) is 6.61 Å². The van der Waals surface area contributed by atoms with Crippen LogP contribution in [0.3, 0.4) is 0 Å². The van der Waals surface area contributed by atoms with E-state index in [0.29, 0.717) is 42.7 Å². The number of amides is 1. The summed E-state index contributed by atoms with van der Waals surface area (Å²) in [7, 11) is -4.15. The van der Waals surface area contributed by atoms with Crippen LogP contribution < -0.4 is 9.88 Å². The van der Waals surface area contributed by atoms with Crippen molar-refractivity contribution >= 4 is 13.9 Å². The number of hydrogen-bond donors (Lipinski definition) is 2. The topological polar surface area (TPSA) is 98.0 Å². The molecule has 0 radical (unpaired) electrons. The van der Waals surface area contributed by atoms with Gasteiger partial charge in [0, 0.05) is 25.1 Å². The summed E-state index contributed by atoms with van der Waals surface area (Å²) in [5, 5.41) is 2.79. The van der Waals surface area contributed by atoms with Crippen LogP contribution in [0.1, 0.15) is 106 Å². The minimum absolute atomic E-state index is 0.00236. The Hall–Kier alpha value is -1.99. The van der Waals surface area contributed by atoms with Crippen LogP contribution in [0.2, 0.25) is 0 Å². The summed E-state index contributed by atoms with van der Waals surface area (Å²) in [6.07, 6.45) is 21.7. The molecule has 3 fully saturated rings. The monoisotopic (exact) mass is 699 g/mol. The first kappa shape index (κ1) is 38.2. The Bertz CT molecular complexity index is 1350. The summed E-state index contributed by atoms with van der Waals surface area (Å²) in [5.74, 6) is 5.08. The zero-order valence-corrected chi connectivity index (χ0v) is 31.9.